The molecule has 23 heavy (non-hydrogen) atoms. The fourth-order valence-electron chi connectivity index (χ4n) is 2.72. The molecule has 1 aromatic rings. The Kier molecular flexibility index (Phi) is 6.10. The normalized spacial score (nSPS) is 17.1. The maximum absolute atomic E-state index is 11.6. The van der Waals surface area contributed by atoms with E-state index < -0.39 is 5.97 Å². The number of rotatable bonds is 6. The van der Waals surface area contributed by atoms with Gasteiger partial charge in [-0.1, -0.05) is 17.7 Å². The number of urea groups is 1. The summed E-state index contributed by atoms with van der Waals surface area (Å²) in [5.41, 5.74) is 2.33. The smallest absolute Gasteiger partial charge is 0.314 e. The Morgan fingerprint density at radius 2 is 2.17 bits per heavy atom. The average Bonchev–Trinajstić information content (AvgIpc) is 2.96. The molecule has 3 N–H and O–H groups in total. The minimum atomic E-state index is -0.923. The van der Waals surface area contributed by atoms with Gasteiger partial charge < -0.3 is 20.6 Å². The van der Waals surface area contributed by atoms with Crippen molar-refractivity contribution in [3.63, 3.8) is 0 Å². The Balaban J connectivity index is 1.76. The van der Waals surface area contributed by atoms with E-state index in [9.17, 15) is 9.59 Å². The molecule has 6 nitrogen and oxygen atoms in total. The first-order chi connectivity index (χ1) is 11.0. The van der Waals surface area contributed by atoms with E-state index in [1.54, 1.807) is 0 Å². The highest BCUT2D eigenvalue weighted by Gasteiger charge is 2.24. The van der Waals surface area contributed by atoms with Crippen LogP contribution in [0.25, 0.3) is 0 Å². The van der Waals surface area contributed by atoms with Crippen LogP contribution >= 0.6 is 11.6 Å². The summed E-state index contributed by atoms with van der Waals surface area (Å²) in [5.74, 6) is -0.549. The van der Waals surface area contributed by atoms with Gasteiger partial charge in [-0.2, -0.15) is 0 Å². The molecule has 126 valence electrons. The van der Waals surface area contributed by atoms with Crippen molar-refractivity contribution in [2.24, 2.45) is 5.92 Å². The second kappa shape index (κ2) is 8.06. The number of amides is 2. The zero-order chi connectivity index (χ0) is 16.8. The number of hydrogen-bond donors (Lipinski definition) is 3. The van der Waals surface area contributed by atoms with E-state index in [4.69, 9.17) is 16.7 Å². The number of anilines is 1. The van der Waals surface area contributed by atoms with Crippen molar-refractivity contribution in [3.8, 4) is 0 Å². The molecular weight excluding hydrogens is 318 g/mol. The molecule has 1 saturated heterocycles. The molecule has 1 fully saturated rings. The molecule has 2 rings (SSSR count). The highest BCUT2D eigenvalue weighted by atomic mass is 35.5. The molecule has 0 bridgehead atoms. The Labute approximate surface area is 140 Å². The van der Waals surface area contributed by atoms with Gasteiger partial charge in [-0.25, -0.2) is 4.79 Å². The van der Waals surface area contributed by atoms with Crippen molar-refractivity contribution in [2.75, 3.05) is 31.1 Å². The van der Waals surface area contributed by atoms with Gasteiger partial charge in [0.05, 0.1) is 6.42 Å². The molecule has 1 unspecified atom stereocenters. The lowest BCUT2D eigenvalue weighted by molar-refractivity contribution is -0.136. The van der Waals surface area contributed by atoms with E-state index >= 15 is 0 Å². The van der Waals surface area contributed by atoms with E-state index in [0.29, 0.717) is 12.5 Å². The molecule has 7 heteroatoms. The Morgan fingerprint density at radius 3 is 2.91 bits per heavy atom. The lowest BCUT2D eigenvalue weighted by Crippen LogP contribution is -2.39. The van der Waals surface area contributed by atoms with Gasteiger partial charge in [0.2, 0.25) is 0 Å². The predicted octanol–water partition coefficient (Wildman–Crippen LogP) is 2.25. The standard InChI is InChI=1S/C16H22ClN3O3/c1-11-2-3-13(17)8-14(11)20-7-5-12(10-20)9-19-16(23)18-6-4-15(21)22/h2-3,8,12H,4-7,9-10H2,1H3,(H,21,22)(H2,18,19,23). The average molecular weight is 340 g/mol. The highest BCUT2D eigenvalue weighted by Crippen LogP contribution is 2.29. The summed E-state index contributed by atoms with van der Waals surface area (Å²) in [6.45, 7) is 4.59. The van der Waals surface area contributed by atoms with Gasteiger partial charge in [0.15, 0.2) is 0 Å². The predicted molar refractivity (Wildman–Crippen MR) is 90.2 cm³/mol. The monoisotopic (exact) mass is 339 g/mol. The minimum absolute atomic E-state index is 0.0708. The van der Waals surface area contributed by atoms with Gasteiger partial charge in [-0.3, -0.25) is 4.79 Å². The summed E-state index contributed by atoms with van der Waals surface area (Å²) < 4.78 is 0. The molecule has 1 atom stereocenters. The van der Waals surface area contributed by atoms with Crippen molar-refractivity contribution in [1.82, 2.24) is 10.6 Å². The number of halogens is 1. The summed E-state index contributed by atoms with van der Waals surface area (Å²) in [5, 5.41) is 14.6. The van der Waals surface area contributed by atoms with Gasteiger partial charge in [0, 0.05) is 36.9 Å². The quantitative estimate of drug-likeness (QED) is 0.742. The minimum Gasteiger partial charge on any atom is -0.481 e. The molecular formula is C16H22ClN3O3. The zero-order valence-corrected chi connectivity index (χ0v) is 13.9. The Bertz CT molecular complexity index is 580. The second-order valence-electron chi connectivity index (χ2n) is 5.81. The zero-order valence-electron chi connectivity index (χ0n) is 13.1. The first-order valence-corrected chi connectivity index (χ1v) is 8.08. The fourth-order valence-corrected chi connectivity index (χ4v) is 2.89. The van der Waals surface area contributed by atoms with E-state index in [1.807, 2.05) is 18.2 Å². The van der Waals surface area contributed by atoms with Gasteiger partial charge in [-0.15, -0.1) is 0 Å². The third-order valence-electron chi connectivity index (χ3n) is 3.97. The summed E-state index contributed by atoms with van der Waals surface area (Å²) in [6, 6.07) is 5.56. The molecule has 0 spiro atoms. The van der Waals surface area contributed by atoms with Crippen LogP contribution in [0.5, 0.6) is 0 Å². The summed E-state index contributed by atoms with van der Waals surface area (Å²) in [6.07, 6.45) is 0.931. The maximum Gasteiger partial charge on any atom is 0.314 e. The van der Waals surface area contributed by atoms with Crippen molar-refractivity contribution in [2.45, 2.75) is 19.8 Å². The second-order valence-corrected chi connectivity index (χ2v) is 6.25. The first-order valence-electron chi connectivity index (χ1n) is 7.70. The van der Waals surface area contributed by atoms with Crippen LogP contribution < -0.4 is 15.5 Å². The third-order valence-corrected chi connectivity index (χ3v) is 4.21. The summed E-state index contributed by atoms with van der Waals surface area (Å²) >= 11 is 6.07. The van der Waals surface area contributed by atoms with Crippen molar-refractivity contribution in [1.29, 1.82) is 0 Å². The number of hydrogen-bond acceptors (Lipinski definition) is 3. The first kappa shape index (κ1) is 17.4. The highest BCUT2D eigenvalue weighted by molar-refractivity contribution is 6.30. The van der Waals surface area contributed by atoms with Crippen LogP contribution in [0.1, 0.15) is 18.4 Å². The number of nitrogens with zero attached hydrogens (tertiary/aromatic N) is 1. The van der Waals surface area contributed by atoms with Crippen LogP contribution in [0.3, 0.4) is 0 Å². The number of carboxylic acid groups (broad SMARTS) is 1. The van der Waals surface area contributed by atoms with Crippen molar-refractivity contribution >= 4 is 29.3 Å². The van der Waals surface area contributed by atoms with Crippen molar-refractivity contribution in [3.05, 3.63) is 28.8 Å². The molecule has 1 aliphatic heterocycles. The number of carbonyl (C=O) groups excluding carboxylic acids is 1. The number of benzene rings is 1. The van der Waals surface area contributed by atoms with E-state index in [0.717, 1.165) is 30.2 Å². The van der Waals surface area contributed by atoms with Crippen molar-refractivity contribution < 1.29 is 14.7 Å². The van der Waals surface area contributed by atoms with E-state index in [1.165, 1.54) is 5.56 Å². The molecule has 2 amide bonds. The van der Waals surface area contributed by atoms with Gasteiger partial charge in [0.25, 0.3) is 0 Å². The summed E-state index contributed by atoms with van der Waals surface area (Å²) in [7, 11) is 0. The van der Waals surface area contributed by atoms with Crippen LogP contribution in [0.4, 0.5) is 10.5 Å². The van der Waals surface area contributed by atoms with Gasteiger partial charge in [-0.05, 0) is 37.0 Å². The maximum atomic E-state index is 11.6. The SMILES string of the molecule is Cc1ccc(Cl)cc1N1CCC(CNC(=O)NCCC(=O)O)C1. The van der Waals surface area contributed by atoms with Crippen LogP contribution in [-0.2, 0) is 4.79 Å². The fraction of sp³-hybridized carbons (Fsp3) is 0.500. The summed E-state index contributed by atoms with van der Waals surface area (Å²) in [4.78, 5) is 24.3. The number of aliphatic carboxylic acids is 1. The molecule has 0 aliphatic carbocycles. The third kappa shape index (κ3) is 5.32. The molecule has 1 aromatic carbocycles. The number of nitrogens with one attached hydrogen (secondary N) is 2. The van der Waals surface area contributed by atoms with Crippen LogP contribution in [0, 0.1) is 12.8 Å². The Hall–Kier alpha value is -1.95. The Morgan fingerprint density at radius 1 is 1.39 bits per heavy atom. The molecule has 0 radical (unpaired) electrons. The lowest BCUT2D eigenvalue weighted by atomic mass is 10.1. The largest absolute Gasteiger partial charge is 0.481 e. The van der Waals surface area contributed by atoms with E-state index in [2.05, 4.69) is 22.5 Å². The number of carboxylic acids is 1. The van der Waals surface area contributed by atoms with Gasteiger partial charge in [0.1, 0.15) is 0 Å². The molecule has 1 heterocycles. The number of carbonyl (C=O) groups is 2. The van der Waals surface area contributed by atoms with Crippen LogP contribution in [-0.4, -0.2) is 43.3 Å². The molecule has 0 aromatic heterocycles. The lowest BCUT2D eigenvalue weighted by Gasteiger charge is -2.21. The molecule has 0 saturated carbocycles. The topological polar surface area (TPSA) is 81.7 Å². The molecule has 1 aliphatic rings. The van der Waals surface area contributed by atoms with Crippen LogP contribution in [0.15, 0.2) is 18.2 Å². The number of aryl methyl sites for hydroxylation is 1. The van der Waals surface area contributed by atoms with Gasteiger partial charge >= 0.3 is 12.0 Å². The van der Waals surface area contributed by atoms with Crippen LogP contribution in [0.2, 0.25) is 5.02 Å². The van der Waals surface area contributed by atoms with E-state index in [-0.39, 0.29) is 19.0 Å².